The number of nitrogens with two attached hydrogens (primary N) is 1. The van der Waals surface area contributed by atoms with Crippen LogP contribution in [0.5, 0.6) is 0 Å². The van der Waals surface area contributed by atoms with Crippen molar-refractivity contribution in [3.8, 4) is 0 Å². The fourth-order valence-corrected chi connectivity index (χ4v) is 1.96. The Kier molecular flexibility index (Phi) is 4.86. The van der Waals surface area contributed by atoms with E-state index in [1.165, 1.54) is 11.8 Å². The van der Waals surface area contributed by atoms with E-state index in [0.717, 1.165) is 6.42 Å². The third kappa shape index (κ3) is 3.25. The number of aliphatic hydroxyl groups excluding tert-OH is 1. The lowest BCUT2D eigenvalue weighted by molar-refractivity contribution is 0.281. The second-order valence-electron chi connectivity index (χ2n) is 2.94. The highest BCUT2D eigenvalue weighted by Gasteiger charge is 2.17. The van der Waals surface area contributed by atoms with Crippen molar-refractivity contribution in [3.05, 3.63) is 18.5 Å². The van der Waals surface area contributed by atoms with Gasteiger partial charge < -0.3 is 10.8 Å². The average molecular weight is 213 g/mol. The van der Waals surface area contributed by atoms with Crippen molar-refractivity contribution in [2.75, 3.05) is 6.61 Å². The summed E-state index contributed by atoms with van der Waals surface area (Å²) in [5, 5.41) is 9.77. The monoisotopic (exact) mass is 213 g/mol. The zero-order valence-corrected chi connectivity index (χ0v) is 8.94. The van der Waals surface area contributed by atoms with Gasteiger partial charge in [0, 0.05) is 18.4 Å². The van der Waals surface area contributed by atoms with Crippen LogP contribution < -0.4 is 5.73 Å². The molecule has 5 heteroatoms. The van der Waals surface area contributed by atoms with Gasteiger partial charge >= 0.3 is 0 Å². The van der Waals surface area contributed by atoms with Crippen LogP contribution in [0.4, 0.5) is 0 Å². The van der Waals surface area contributed by atoms with Gasteiger partial charge in [-0.2, -0.15) is 0 Å². The molecule has 0 saturated carbocycles. The summed E-state index contributed by atoms with van der Waals surface area (Å²) in [5.41, 5.74) is 5.84. The molecule has 0 fully saturated rings. The van der Waals surface area contributed by atoms with Gasteiger partial charge in [0.15, 0.2) is 5.16 Å². The van der Waals surface area contributed by atoms with Gasteiger partial charge in [-0.1, -0.05) is 18.7 Å². The Balaban J connectivity index is 2.57. The molecule has 78 valence electrons. The molecule has 1 rings (SSSR count). The molecule has 0 saturated heterocycles. The molecular weight excluding hydrogens is 198 g/mol. The van der Waals surface area contributed by atoms with E-state index in [9.17, 15) is 0 Å². The van der Waals surface area contributed by atoms with E-state index < -0.39 is 0 Å². The Labute approximate surface area is 88.0 Å². The quantitative estimate of drug-likeness (QED) is 0.555. The van der Waals surface area contributed by atoms with Gasteiger partial charge in [0.2, 0.25) is 0 Å². The summed E-state index contributed by atoms with van der Waals surface area (Å²) >= 11 is 1.42. The first-order valence-corrected chi connectivity index (χ1v) is 5.46. The van der Waals surface area contributed by atoms with Crippen LogP contribution in [0.3, 0.4) is 0 Å². The maximum Gasteiger partial charge on any atom is 0.187 e. The van der Waals surface area contributed by atoms with Gasteiger partial charge in [-0.15, -0.1) is 0 Å². The molecule has 2 atom stereocenters. The lowest BCUT2D eigenvalue weighted by Crippen LogP contribution is -2.34. The summed E-state index contributed by atoms with van der Waals surface area (Å²) < 4.78 is 0. The highest BCUT2D eigenvalue weighted by Crippen LogP contribution is 2.21. The Bertz CT molecular complexity index is 257. The highest BCUT2D eigenvalue weighted by atomic mass is 32.2. The maximum atomic E-state index is 9.13. The summed E-state index contributed by atoms with van der Waals surface area (Å²) in [6.45, 7) is 2.05. The normalized spacial score (nSPS) is 15.1. The second kappa shape index (κ2) is 5.95. The van der Waals surface area contributed by atoms with Crippen LogP contribution in [0.25, 0.3) is 0 Å². The number of thioether (sulfide) groups is 1. The molecule has 1 heterocycles. The van der Waals surface area contributed by atoms with E-state index in [4.69, 9.17) is 10.8 Å². The van der Waals surface area contributed by atoms with Crippen LogP contribution in [-0.2, 0) is 0 Å². The number of hydrogen-bond donors (Lipinski definition) is 2. The molecule has 3 N–H and O–H groups in total. The number of aliphatic hydroxyl groups is 1. The van der Waals surface area contributed by atoms with Crippen LogP contribution in [0.2, 0.25) is 0 Å². The predicted octanol–water partition coefficient (Wildman–Crippen LogP) is 0.667. The molecule has 0 spiro atoms. The summed E-state index contributed by atoms with van der Waals surface area (Å²) in [5.74, 6) is 0. The molecule has 0 aliphatic rings. The fraction of sp³-hybridized carbons (Fsp3) is 0.556. The first-order chi connectivity index (χ1) is 6.77. The van der Waals surface area contributed by atoms with Crippen molar-refractivity contribution >= 4 is 11.8 Å². The minimum absolute atomic E-state index is 0.0196. The summed E-state index contributed by atoms with van der Waals surface area (Å²) in [4.78, 5) is 8.14. The van der Waals surface area contributed by atoms with Crippen molar-refractivity contribution in [2.45, 2.75) is 29.8 Å². The van der Waals surface area contributed by atoms with Crippen LogP contribution in [-0.4, -0.2) is 33.0 Å². The highest BCUT2D eigenvalue weighted by molar-refractivity contribution is 7.99. The topological polar surface area (TPSA) is 72.0 Å². The van der Waals surface area contributed by atoms with E-state index in [2.05, 4.69) is 9.97 Å². The zero-order valence-electron chi connectivity index (χ0n) is 8.13. The van der Waals surface area contributed by atoms with Crippen molar-refractivity contribution < 1.29 is 5.11 Å². The Morgan fingerprint density at radius 3 is 2.64 bits per heavy atom. The largest absolute Gasteiger partial charge is 0.395 e. The smallest absolute Gasteiger partial charge is 0.187 e. The fourth-order valence-electron chi connectivity index (χ4n) is 1.00. The molecule has 14 heavy (non-hydrogen) atoms. The minimum atomic E-state index is -0.0256. The first-order valence-electron chi connectivity index (χ1n) is 4.58. The van der Waals surface area contributed by atoms with E-state index in [1.54, 1.807) is 18.5 Å². The lowest BCUT2D eigenvalue weighted by Gasteiger charge is -2.18. The van der Waals surface area contributed by atoms with E-state index in [1.807, 2.05) is 6.92 Å². The SMILES string of the molecule is CCC(N)C(CO)Sc1ncccn1. The van der Waals surface area contributed by atoms with Crippen LogP contribution in [0, 0.1) is 0 Å². The summed E-state index contributed by atoms with van der Waals surface area (Å²) in [6.07, 6.45) is 4.20. The van der Waals surface area contributed by atoms with E-state index in [0.29, 0.717) is 5.16 Å². The third-order valence-electron chi connectivity index (χ3n) is 1.93. The Morgan fingerprint density at radius 1 is 1.50 bits per heavy atom. The summed E-state index contributed by atoms with van der Waals surface area (Å²) in [7, 11) is 0. The Morgan fingerprint density at radius 2 is 2.14 bits per heavy atom. The molecule has 1 aromatic heterocycles. The molecule has 0 bridgehead atoms. The minimum Gasteiger partial charge on any atom is -0.395 e. The molecule has 0 aliphatic carbocycles. The number of hydrogen-bond acceptors (Lipinski definition) is 5. The van der Waals surface area contributed by atoms with Crippen molar-refractivity contribution in [1.82, 2.24) is 9.97 Å². The number of rotatable bonds is 5. The zero-order chi connectivity index (χ0) is 10.4. The van der Waals surface area contributed by atoms with E-state index >= 15 is 0 Å². The molecule has 0 radical (unpaired) electrons. The van der Waals surface area contributed by atoms with Gasteiger partial charge in [-0.05, 0) is 12.5 Å². The molecule has 0 aliphatic heterocycles. The van der Waals surface area contributed by atoms with Gasteiger partial charge in [0.25, 0.3) is 0 Å². The van der Waals surface area contributed by atoms with Crippen molar-refractivity contribution in [1.29, 1.82) is 0 Å². The van der Waals surface area contributed by atoms with Crippen LogP contribution >= 0.6 is 11.8 Å². The van der Waals surface area contributed by atoms with Crippen LogP contribution in [0.15, 0.2) is 23.6 Å². The lowest BCUT2D eigenvalue weighted by atomic mass is 10.2. The van der Waals surface area contributed by atoms with Gasteiger partial charge in [0.1, 0.15) is 0 Å². The van der Waals surface area contributed by atoms with Crippen molar-refractivity contribution in [2.24, 2.45) is 5.73 Å². The number of nitrogens with zero attached hydrogens (tertiary/aromatic N) is 2. The number of aromatic nitrogens is 2. The average Bonchev–Trinajstić information content (AvgIpc) is 2.26. The molecule has 2 unspecified atom stereocenters. The molecule has 0 aromatic carbocycles. The Hall–Kier alpha value is -0.650. The molecule has 1 aromatic rings. The van der Waals surface area contributed by atoms with Gasteiger partial charge in [-0.25, -0.2) is 9.97 Å². The van der Waals surface area contributed by atoms with Crippen molar-refractivity contribution in [3.63, 3.8) is 0 Å². The van der Waals surface area contributed by atoms with Crippen LogP contribution in [0.1, 0.15) is 13.3 Å². The first kappa shape index (κ1) is 11.4. The van der Waals surface area contributed by atoms with E-state index in [-0.39, 0.29) is 17.9 Å². The standard InChI is InChI=1S/C9H15N3OS/c1-2-7(10)8(6-13)14-9-11-4-3-5-12-9/h3-5,7-8,13H,2,6,10H2,1H3. The third-order valence-corrected chi connectivity index (χ3v) is 3.15. The van der Waals surface area contributed by atoms with Gasteiger partial charge in [0.05, 0.1) is 11.9 Å². The molecular formula is C9H15N3OS. The predicted molar refractivity (Wildman–Crippen MR) is 57.0 cm³/mol. The second-order valence-corrected chi connectivity index (χ2v) is 4.15. The summed E-state index contributed by atoms with van der Waals surface area (Å²) in [6, 6.07) is 1.74. The molecule has 0 amide bonds. The molecule has 4 nitrogen and oxygen atoms in total. The van der Waals surface area contributed by atoms with Gasteiger partial charge in [-0.3, -0.25) is 0 Å². The maximum absolute atomic E-state index is 9.13.